The van der Waals surface area contributed by atoms with E-state index in [0.29, 0.717) is 4.88 Å². The minimum absolute atomic E-state index is 0.150. The Morgan fingerprint density at radius 2 is 2.00 bits per heavy atom. The maximum absolute atomic E-state index is 13.3. The summed E-state index contributed by atoms with van der Waals surface area (Å²) in [5.74, 6) is -4.60. The molecule has 0 aliphatic carbocycles. The van der Waals surface area contributed by atoms with Crippen molar-refractivity contribution in [2.75, 3.05) is 0 Å². The predicted molar refractivity (Wildman–Crippen MR) is 82.0 cm³/mol. The second kappa shape index (κ2) is 5.58. The van der Waals surface area contributed by atoms with Crippen LogP contribution in [0.15, 0.2) is 36.1 Å². The molecule has 1 atom stereocenters. The van der Waals surface area contributed by atoms with Gasteiger partial charge in [-0.15, -0.1) is 11.3 Å². The predicted octanol–water partition coefficient (Wildman–Crippen LogP) is 3.55. The number of fused-ring (bicyclic) bond motifs is 1. The highest BCUT2D eigenvalue weighted by Crippen LogP contribution is 2.44. The van der Waals surface area contributed by atoms with Crippen molar-refractivity contribution < 1.29 is 28.2 Å². The minimum atomic E-state index is -3.31. The average Bonchev–Trinajstić information content (AvgIpc) is 2.98. The number of carbonyl (C=O) groups is 1. The van der Waals surface area contributed by atoms with Crippen LogP contribution < -0.4 is 0 Å². The summed E-state index contributed by atoms with van der Waals surface area (Å²) in [4.78, 5) is 12.5. The largest absolute Gasteiger partial charge is 0.487 e. The van der Waals surface area contributed by atoms with Gasteiger partial charge in [-0.2, -0.15) is 0 Å². The van der Waals surface area contributed by atoms with Crippen molar-refractivity contribution in [2.24, 2.45) is 0 Å². The number of thiophene rings is 1. The van der Waals surface area contributed by atoms with E-state index in [1.54, 1.807) is 19.9 Å². The number of aliphatic hydroxyl groups is 1. The van der Waals surface area contributed by atoms with Crippen LogP contribution in [-0.4, -0.2) is 29.4 Å². The minimum Gasteiger partial charge on any atom is -0.487 e. The molecule has 1 unspecified atom stereocenters. The number of cyclic esters (lactones) is 1. The van der Waals surface area contributed by atoms with Crippen molar-refractivity contribution in [1.29, 1.82) is 0 Å². The zero-order valence-electron chi connectivity index (χ0n) is 12.4. The standard InChI is InChI=1S/C16H14F2O4S/c1-8(2)21-13-12(14(19)22-16(13,20)15(17)18)11-7-9-5-3-4-6-10(9)23-11/h3-8,15,20H,1-2H3. The summed E-state index contributed by atoms with van der Waals surface area (Å²) in [6.45, 7) is 3.23. The van der Waals surface area contributed by atoms with Crippen molar-refractivity contribution >= 4 is 33.0 Å². The molecule has 3 rings (SSSR count). The van der Waals surface area contributed by atoms with Crippen LogP contribution in [0.2, 0.25) is 0 Å². The number of carbonyl (C=O) groups excluding carboxylic acids is 1. The van der Waals surface area contributed by atoms with Gasteiger partial charge in [0.15, 0.2) is 5.76 Å². The van der Waals surface area contributed by atoms with Gasteiger partial charge in [0.2, 0.25) is 0 Å². The van der Waals surface area contributed by atoms with E-state index in [-0.39, 0.29) is 5.57 Å². The van der Waals surface area contributed by atoms with Crippen molar-refractivity contribution in [2.45, 2.75) is 32.2 Å². The van der Waals surface area contributed by atoms with Crippen LogP contribution in [0.4, 0.5) is 8.78 Å². The van der Waals surface area contributed by atoms with Gasteiger partial charge < -0.3 is 14.6 Å². The van der Waals surface area contributed by atoms with Gasteiger partial charge in [-0.3, -0.25) is 0 Å². The van der Waals surface area contributed by atoms with Gasteiger partial charge in [0.25, 0.3) is 0 Å². The van der Waals surface area contributed by atoms with Crippen LogP contribution in [0.5, 0.6) is 0 Å². The third-order valence-electron chi connectivity index (χ3n) is 3.33. The number of halogens is 2. The highest BCUT2D eigenvalue weighted by atomic mass is 32.1. The lowest BCUT2D eigenvalue weighted by atomic mass is 10.1. The van der Waals surface area contributed by atoms with E-state index in [1.165, 1.54) is 11.3 Å². The molecule has 1 aliphatic rings. The zero-order valence-corrected chi connectivity index (χ0v) is 13.2. The molecule has 0 radical (unpaired) electrons. The van der Waals surface area contributed by atoms with Gasteiger partial charge >= 0.3 is 18.2 Å². The first-order valence-electron chi connectivity index (χ1n) is 6.97. The van der Waals surface area contributed by atoms with E-state index in [4.69, 9.17) is 4.74 Å². The van der Waals surface area contributed by atoms with Gasteiger partial charge in [0.05, 0.1) is 6.10 Å². The Hall–Kier alpha value is -1.99. The maximum atomic E-state index is 13.3. The van der Waals surface area contributed by atoms with Crippen LogP contribution in [0.3, 0.4) is 0 Å². The molecule has 2 aromatic rings. The lowest BCUT2D eigenvalue weighted by Gasteiger charge is -2.24. The third-order valence-corrected chi connectivity index (χ3v) is 4.46. The number of rotatable bonds is 4. The van der Waals surface area contributed by atoms with Crippen LogP contribution in [0.1, 0.15) is 18.7 Å². The van der Waals surface area contributed by atoms with E-state index in [9.17, 15) is 18.7 Å². The van der Waals surface area contributed by atoms with E-state index < -0.39 is 30.0 Å². The van der Waals surface area contributed by atoms with E-state index in [1.807, 2.05) is 24.3 Å². The Bertz CT molecular complexity index is 763. The summed E-state index contributed by atoms with van der Waals surface area (Å²) in [6, 6.07) is 9.06. The molecular formula is C16H14F2O4S. The summed E-state index contributed by atoms with van der Waals surface area (Å²) < 4.78 is 37.3. The van der Waals surface area contributed by atoms with Crippen LogP contribution in [0.25, 0.3) is 15.7 Å². The maximum Gasteiger partial charge on any atom is 0.346 e. The molecule has 0 bridgehead atoms. The number of hydrogen-bond acceptors (Lipinski definition) is 5. The quantitative estimate of drug-likeness (QED) is 0.865. The lowest BCUT2D eigenvalue weighted by Crippen LogP contribution is -2.41. The van der Waals surface area contributed by atoms with Gasteiger partial charge in [0, 0.05) is 9.58 Å². The van der Waals surface area contributed by atoms with Crippen LogP contribution >= 0.6 is 11.3 Å². The van der Waals surface area contributed by atoms with E-state index in [2.05, 4.69) is 4.74 Å². The lowest BCUT2D eigenvalue weighted by molar-refractivity contribution is -0.242. The first kappa shape index (κ1) is 15.9. The summed E-state index contributed by atoms with van der Waals surface area (Å²) in [5.41, 5.74) is -0.150. The van der Waals surface area contributed by atoms with Crippen LogP contribution in [0, 0.1) is 0 Å². The molecule has 23 heavy (non-hydrogen) atoms. The van der Waals surface area contributed by atoms with Gasteiger partial charge in [0.1, 0.15) is 5.57 Å². The molecule has 0 fully saturated rings. The Morgan fingerprint density at radius 1 is 1.30 bits per heavy atom. The SMILES string of the molecule is CC(C)OC1=C(c2cc3ccccc3s2)C(=O)OC1(O)C(F)F. The Morgan fingerprint density at radius 3 is 2.61 bits per heavy atom. The van der Waals surface area contributed by atoms with Crippen LogP contribution in [-0.2, 0) is 14.3 Å². The Balaban J connectivity index is 2.20. The van der Waals surface area contributed by atoms with Gasteiger partial charge in [-0.1, -0.05) is 18.2 Å². The van der Waals surface area contributed by atoms with Crippen molar-refractivity contribution in [3.05, 3.63) is 41.0 Å². The molecule has 1 aromatic carbocycles. The third kappa shape index (κ3) is 2.60. The molecule has 0 spiro atoms. The monoisotopic (exact) mass is 340 g/mol. The molecule has 2 heterocycles. The summed E-state index contributed by atoms with van der Waals surface area (Å²) in [7, 11) is 0. The molecule has 0 saturated heterocycles. The number of alkyl halides is 2. The van der Waals surface area contributed by atoms with Gasteiger partial charge in [-0.05, 0) is 31.4 Å². The molecule has 1 N–H and O–H groups in total. The zero-order chi connectivity index (χ0) is 16.8. The van der Waals surface area contributed by atoms with Crippen molar-refractivity contribution in [3.8, 4) is 0 Å². The molecule has 7 heteroatoms. The molecule has 0 amide bonds. The highest BCUT2D eigenvalue weighted by Gasteiger charge is 2.56. The first-order chi connectivity index (χ1) is 10.8. The number of benzene rings is 1. The Kier molecular flexibility index (Phi) is 3.85. The molecule has 0 saturated carbocycles. The topological polar surface area (TPSA) is 55.8 Å². The average molecular weight is 340 g/mol. The summed E-state index contributed by atoms with van der Waals surface area (Å²) in [6.07, 6.45) is -3.82. The summed E-state index contributed by atoms with van der Waals surface area (Å²) >= 11 is 1.25. The fourth-order valence-electron chi connectivity index (χ4n) is 2.35. The first-order valence-corrected chi connectivity index (χ1v) is 7.79. The highest BCUT2D eigenvalue weighted by molar-refractivity contribution is 7.20. The van der Waals surface area contributed by atoms with Crippen molar-refractivity contribution in [3.63, 3.8) is 0 Å². The van der Waals surface area contributed by atoms with Crippen molar-refractivity contribution in [1.82, 2.24) is 0 Å². The smallest absolute Gasteiger partial charge is 0.346 e. The fraction of sp³-hybridized carbons (Fsp3) is 0.312. The number of hydrogen-bond donors (Lipinski definition) is 1. The second-order valence-electron chi connectivity index (χ2n) is 5.41. The fourth-order valence-corrected chi connectivity index (χ4v) is 3.44. The normalized spacial score (nSPS) is 21.6. The number of esters is 1. The Labute approximate surface area is 134 Å². The molecule has 1 aromatic heterocycles. The molecule has 122 valence electrons. The van der Waals surface area contributed by atoms with E-state index >= 15 is 0 Å². The molecule has 1 aliphatic heterocycles. The number of ether oxygens (including phenoxy) is 2. The molecular weight excluding hydrogens is 326 g/mol. The van der Waals surface area contributed by atoms with Gasteiger partial charge in [-0.25, -0.2) is 13.6 Å². The second-order valence-corrected chi connectivity index (χ2v) is 6.49. The summed E-state index contributed by atoms with van der Waals surface area (Å²) in [5, 5.41) is 10.9. The molecule has 4 nitrogen and oxygen atoms in total. The van der Waals surface area contributed by atoms with E-state index in [0.717, 1.165) is 10.1 Å².